The third kappa shape index (κ3) is 4.11. The second-order valence-corrected chi connectivity index (χ2v) is 8.61. The van der Waals surface area contributed by atoms with Gasteiger partial charge >= 0.3 is 6.18 Å². The summed E-state index contributed by atoms with van der Waals surface area (Å²) in [6, 6.07) is 6.63. The highest BCUT2D eigenvalue weighted by Crippen LogP contribution is 2.34. The van der Waals surface area contributed by atoms with Crippen LogP contribution in [-0.2, 0) is 6.18 Å². The van der Waals surface area contributed by atoms with E-state index in [1.165, 1.54) is 24.3 Å². The van der Waals surface area contributed by atoms with Crippen molar-refractivity contribution in [1.82, 2.24) is 19.5 Å². The number of aromatic nitrogens is 3. The Hall–Kier alpha value is -2.32. The van der Waals surface area contributed by atoms with Gasteiger partial charge in [-0.2, -0.15) is 18.3 Å². The van der Waals surface area contributed by atoms with E-state index in [-0.39, 0.29) is 39.2 Å². The molecule has 4 rings (SSSR count). The van der Waals surface area contributed by atoms with E-state index < -0.39 is 17.8 Å². The highest BCUT2D eigenvalue weighted by molar-refractivity contribution is 6.42. The Labute approximate surface area is 186 Å². The molecule has 2 unspecified atom stereocenters. The summed E-state index contributed by atoms with van der Waals surface area (Å²) in [4.78, 5) is 19.1. The van der Waals surface area contributed by atoms with Crippen LogP contribution in [0.3, 0.4) is 0 Å². The van der Waals surface area contributed by atoms with E-state index in [1.54, 1.807) is 4.90 Å². The van der Waals surface area contributed by atoms with Gasteiger partial charge < -0.3 is 4.90 Å². The zero-order valence-electron chi connectivity index (χ0n) is 16.7. The van der Waals surface area contributed by atoms with E-state index in [1.807, 2.05) is 13.8 Å². The van der Waals surface area contributed by atoms with Crippen LogP contribution in [0.25, 0.3) is 16.9 Å². The molecule has 3 aromatic rings. The molecule has 1 fully saturated rings. The third-order valence-corrected chi connectivity index (χ3v) is 6.32. The molecule has 0 aliphatic carbocycles. The lowest BCUT2D eigenvalue weighted by molar-refractivity contribution is -0.142. The minimum absolute atomic E-state index is 0.0112. The normalized spacial score (nSPS) is 19.8. The zero-order valence-corrected chi connectivity index (χ0v) is 18.3. The molecule has 1 saturated heterocycles. The summed E-state index contributed by atoms with van der Waals surface area (Å²) in [6.07, 6.45) is -2.01. The number of benzene rings is 1. The smallest absolute Gasteiger partial charge is 0.332 e. The van der Waals surface area contributed by atoms with Crippen LogP contribution in [0.2, 0.25) is 10.0 Å². The van der Waals surface area contributed by atoms with Gasteiger partial charge in [0.2, 0.25) is 0 Å². The molecule has 2 aromatic heterocycles. The fraction of sp³-hybridized carbons (Fsp3) is 0.381. The first-order chi connectivity index (χ1) is 14.6. The minimum Gasteiger partial charge on any atom is -0.332 e. The van der Waals surface area contributed by atoms with E-state index in [0.29, 0.717) is 10.1 Å². The topological polar surface area (TPSA) is 50.5 Å². The van der Waals surface area contributed by atoms with Crippen molar-refractivity contribution in [2.24, 2.45) is 0 Å². The van der Waals surface area contributed by atoms with Gasteiger partial charge in [-0.05, 0) is 51.3 Å². The summed E-state index contributed by atoms with van der Waals surface area (Å²) in [6.45, 7) is 3.87. The number of carbonyl (C=O) groups excluding carboxylic acids is 1. The Morgan fingerprint density at radius 3 is 2.35 bits per heavy atom. The predicted molar refractivity (Wildman–Crippen MR) is 112 cm³/mol. The van der Waals surface area contributed by atoms with Crippen molar-refractivity contribution >= 4 is 34.8 Å². The van der Waals surface area contributed by atoms with Crippen LogP contribution in [0.1, 0.15) is 49.3 Å². The van der Waals surface area contributed by atoms with Gasteiger partial charge in [0, 0.05) is 23.7 Å². The van der Waals surface area contributed by atoms with Crippen LogP contribution in [0.5, 0.6) is 0 Å². The molecule has 0 saturated carbocycles. The summed E-state index contributed by atoms with van der Waals surface area (Å²) >= 11 is 11.9. The highest BCUT2D eigenvalue weighted by atomic mass is 35.5. The largest absolute Gasteiger partial charge is 0.433 e. The predicted octanol–water partition coefficient (Wildman–Crippen LogP) is 6.13. The van der Waals surface area contributed by atoms with Gasteiger partial charge in [-0.25, -0.2) is 9.50 Å². The summed E-state index contributed by atoms with van der Waals surface area (Å²) < 4.78 is 42.1. The lowest BCUT2D eigenvalue weighted by Crippen LogP contribution is -2.47. The van der Waals surface area contributed by atoms with Crippen molar-refractivity contribution < 1.29 is 18.0 Å². The van der Waals surface area contributed by atoms with E-state index in [4.69, 9.17) is 23.2 Å². The summed E-state index contributed by atoms with van der Waals surface area (Å²) in [5.41, 5.74) is -0.745. The second-order valence-electron chi connectivity index (χ2n) is 7.79. The maximum Gasteiger partial charge on any atom is 0.433 e. The van der Waals surface area contributed by atoms with Crippen molar-refractivity contribution in [2.75, 3.05) is 0 Å². The Balaban J connectivity index is 1.84. The van der Waals surface area contributed by atoms with E-state index in [9.17, 15) is 18.0 Å². The fourth-order valence-electron chi connectivity index (χ4n) is 4.04. The molecule has 2 atom stereocenters. The molecule has 0 bridgehead atoms. The number of hydrogen-bond donors (Lipinski definition) is 0. The number of rotatable bonds is 2. The van der Waals surface area contributed by atoms with Crippen molar-refractivity contribution in [2.45, 2.75) is 51.4 Å². The molecule has 3 heterocycles. The van der Waals surface area contributed by atoms with Crippen LogP contribution < -0.4 is 0 Å². The third-order valence-electron chi connectivity index (χ3n) is 5.58. The van der Waals surface area contributed by atoms with E-state index >= 15 is 0 Å². The standard InChI is InChI=1S/C21H19Cl2F3N4O/c1-11-4-3-5-12(2)29(11)20(31)17-10-19-27-16(13-6-7-14(22)15(23)8-13)9-18(21(24,25)26)30(19)28-17/h6-12H,3-5H2,1-2H3. The quantitative estimate of drug-likeness (QED) is 0.452. The first-order valence-electron chi connectivity index (χ1n) is 9.82. The van der Waals surface area contributed by atoms with Crippen molar-refractivity contribution in [3.63, 3.8) is 0 Å². The molecule has 1 aliphatic rings. The monoisotopic (exact) mass is 470 g/mol. The molecular formula is C21H19Cl2F3N4O. The lowest BCUT2D eigenvalue weighted by Gasteiger charge is -2.38. The van der Waals surface area contributed by atoms with Crippen molar-refractivity contribution in [3.05, 3.63) is 51.8 Å². The van der Waals surface area contributed by atoms with Gasteiger partial charge in [0.15, 0.2) is 17.0 Å². The van der Waals surface area contributed by atoms with Gasteiger partial charge in [0.25, 0.3) is 5.91 Å². The van der Waals surface area contributed by atoms with Gasteiger partial charge in [0.05, 0.1) is 15.7 Å². The molecule has 1 aliphatic heterocycles. The van der Waals surface area contributed by atoms with E-state index in [0.717, 1.165) is 25.3 Å². The van der Waals surface area contributed by atoms with Gasteiger partial charge in [-0.1, -0.05) is 29.3 Å². The van der Waals surface area contributed by atoms with Gasteiger partial charge in [0.1, 0.15) is 0 Å². The number of alkyl halides is 3. The van der Waals surface area contributed by atoms with Crippen LogP contribution >= 0.6 is 23.2 Å². The summed E-state index contributed by atoms with van der Waals surface area (Å²) in [7, 11) is 0. The number of nitrogens with zero attached hydrogens (tertiary/aromatic N) is 4. The average Bonchev–Trinajstić information content (AvgIpc) is 3.12. The van der Waals surface area contributed by atoms with Crippen LogP contribution in [0, 0.1) is 0 Å². The van der Waals surface area contributed by atoms with E-state index in [2.05, 4.69) is 10.1 Å². The molecule has 31 heavy (non-hydrogen) atoms. The minimum atomic E-state index is -4.70. The number of amides is 1. The molecule has 5 nitrogen and oxygen atoms in total. The molecule has 1 aromatic carbocycles. The molecule has 0 N–H and O–H groups in total. The number of fused-ring (bicyclic) bond motifs is 1. The Morgan fingerprint density at radius 2 is 1.74 bits per heavy atom. The highest BCUT2D eigenvalue weighted by Gasteiger charge is 2.37. The van der Waals surface area contributed by atoms with Crippen LogP contribution in [-0.4, -0.2) is 37.5 Å². The van der Waals surface area contributed by atoms with Gasteiger partial charge in [-0.15, -0.1) is 0 Å². The summed E-state index contributed by atoms with van der Waals surface area (Å²) in [5, 5.41) is 4.47. The first-order valence-corrected chi connectivity index (χ1v) is 10.6. The fourth-order valence-corrected chi connectivity index (χ4v) is 4.34. The zero-order chi connectivity index (χ0) is 22.5. The molecule has 10 heteroatoms. The molecule has 0 radical (unpaired) electrons. The van der Waals surface area contributed by atoms with Crippen LogP contribution in [0.15, 0.2) is 30.3 Å². The number of piperidine rings is 1. The Kier molecular flexibility index (Phi) is 5.64. The molecular weight excluding hydrogens is 452 g/mol. The van der Waals surface area contributed by atoms with Crippen LogP contribution in [0.4, 0.5) is 13.2 Å². The Bertz CT molecular complexity index is 1150. The first kappa shape index (κ1) is 21.9. The molecule has 1 amide bonds. The SMILES string of the molecule is CC1CCCC(C)N1C(=O)c1cc2nc(-c3ccc(Cl)c(Cl)c3)cc(C(F)(F)F)n2n1. The number of halogens is 5. The Morgan fingerprint density at radius 1 is 1.06 bits per heavy atom. The summed E-state index contributed by atoms with van der Waals surface area (Å²) in [5.74, 6) is -0.394. The van der Waals surface area contributed by atoms with Crippen molar-refractivity contribution in [1.29, 1.82) is 0 Å². The molecule has 0 spiro atoms. The van der Waals surface area contributed by atoms with Crippen molar-refractivity contribution in [3.8, 4) is 11.3 Å². The number of carbonyl (C=O) groups is 1. The maximum absolute atomic E-state index is 13.8. The average molecular weight is 471 g/mol. The molecule has 164 valence electrons. The number of likely N-dealkylation sites (tertiary alicyclic amines) is 1. The van der Waals surface area contributed by atoms with Gasteiger partial charge in [-0.3, -0.25) is 4.79 Å². The number of hydrogen-bond acceptors (Lipinski definition) is 3. The lowest BCUT2D eigenvalue weighted by atomic mass is 9.97. The second kappa shape index (κ2) is 7.98. The maximum atomic E-state index is 13.8.